The fourth-order valence-electron chi connectivity index (χ4n) is 2.44. The third kappa shape index (κ3) is 2.39. The number of rotatable bonds is 1. The number of fused-ring (bicyclic) bond motifs is 1. The van der Waals surface area contributed by atoms with Gasteiger partial charge in [-0.15, -0.1) is 0 Å². The molecule has 0 radical (unpaired) electrons. The Labute approximate surface area is 127 Å². The molecular weight excluding hydrogens is 295 g/mol. The Morgan fingerprint density at radius 2 is 1.95 bits per heavy atom. The minimum absolute atomic E-state index is 0.204. The second-order valence-electron chi connectivity index (χ2n) is 4.65. The van der Waals surface area contributed by atoms with Gasteiger partial charge in [0.15, 0.2) is 0 Å². The van der Waals surface area contributed by atoms with E-state index in [2.05, 4.69) is 4.98 Å². The van der Waals surface area contributed by atoms with Gasteiger partial charge in [0.1, 0.15) is 10.8 Å². The highest BCUT2D eigenvalue weighted by Crippen LogP contribution is 2.29. The lowest BCUT2D eigenvalue weighted by Crippen LogP contribution is -2.36. The van der Waals surface area contributed by atoms with E-state index in [4.69, 9.17) is 23.2 Å². The number of aromatic nitrogens is 1. The quantitative estimate of drug-likeness (QED) is 0.747. The van der Waals surface area contributed by atoms with Crippen molar-refractivity contribution in [1.29, 1.82) is 0 Å². The first-order valence-electron chi connectivity index (χ1n) is 6.38. The number of halogens is 2. The fraction of sp³-hybridized carbons (Fsp3) is 0.200. The molecule has 1 aromatic carbocycles. The SMILES string of the molecule is O=C(c1nc(Cl)ccc1Cl)N1CCCc2ccccc21. The fourth-order valence-corrected chi connectivity index (χ4v) is 2.77. The van der Waals surface area contributed by atoms with Crippen molar-refractivity contribution in [1.82, 2.24) is 4.98 Å². The van der Waals surface area contributed by atoms with E-state index in [0.29, 0.717) is 11.6 Å². The van der Waals surface area contributed by atoms with Gasteiger partial charge in [-0.25, -0.2) is 4.98 Å². The van der Waals surface area contributed by atoms with Crippen LogP contribution in [0.1, 0.15) is 22.5 Å². The molecule has 2 heterocycles. The van der Waals surface area contributed by atoms with Gasteiger partial charge >= 0.3 is 0 Å². The minimum atomic E-state index is -0.204. The van der Waals surface area contributed by atoms with E-state index in [0.717, 1.165) is 18.5 Å². The number of aryl methyl sites for hydroxylation is 1. The van der Waals surface area contributed by atoms with E-state index in [9.17, 15) is 4.79 Å². The van der Waals surface area contributed by atoms with E-state index < -0.39 is 0 Å². The summed E-state index contributed by atoms with van der Waals surface area (Å²) in [6.07, 6.45) is 1.91. The molecule has 1 aromatic heterocycles. The highest BCUT2D eigenvalue weighted by molar-refractivity contribution is 6.35. The van der Waals surface area contributed by atoms with Crippen LogP contribution < -0.4 is 4.90 Å². The van der Waals surface area contributed by atoms with Crippen LogP contribution in [0.5, 0.6) is 0 Å². The van der Waals surface area contributed by atoms with Gasteiger partial charge in [-0.3, -0.25) is 4.79 Å². The molecule has 0 N–H and O–H groups in total. The maximum Gasteiger partial charge on any atom is 0.278 e. The summed E-state index contributed by atoms with van der Waals surface area (Å²) in [5, 5.41) is 0.588. The van der Waals surface area contributed by atoms with Crippen molar-refractivity contribution < 1.29 is 4.79 Å². The average Bonchev–Trinajstić information content (AvgIpc) is 2.48. The highest BCUT2D eigenvalue weighted by Gasteiger charge is 2.25. The number of hydrogen-bond acceptors (Lipinski definition) is 2. The predicted molar refractivity (Wildman–Crippen MR) is 80.7 cm³/mol. The second kappa shape index (κ2) is 5.43. The molecule has 2 aromatic rings. The molecule has 0 saturated heterocycles. The largest absolute Gasteiger partial charge is 0.307 e. The standard InChI is InChI=1S/C15H12Cl2N2O/c16-11-7-8-13(17)18-14(11)15(20)19-9-3-5-10-4-1-2-6-12(10)19/h1-2,4,6-8H,3,5,9H2. The summed E-state index contributed by atoms with van der Waals surface area (Å²) >= 11 is 11.9. The molecule has 1 aliphatic rings. The van der Waals surface area contributed by atoms with E-state index in [1.165, 1.54) is 5.56 Å². The summed E-state index contributed by atoms with van der Waals surface area (Å²) in [6, 6.07) is 11.1. The van der Waals surface area contributed by atoms with Crippen molar-refractivity contribution in [3.63, 3.8) is 0 Å². The van der Waals surface area contributed by atoms with Crippen molar-refractivity contribution in [2.24, 2.45) is 0 Å². The molecule has 3 nitrogen and oxygen atoms in total. The van der Waals surface area contributed by atoms with Crippen LogP contribution >= 0.6 is 23.2 Å². The lowest BCUT2D eigenvalue weighted by atomic mass is 10.0. The summed E-state index contributed by atoms with van der Waals surface area (Å²) < 4.78 is 0. The van der Waals surface area contributed by atoms with Crippen LogP contribution in [0.3, 0.4) is 0 Å². The number of anilines is 1. The Bertz CT molecular complexity index is 673. The molecule has 20 heavy (non-hydrogen) atoms. The Kier molecular flexibility index (Phi) is 3.64. The van der Waals surface area contributed by atoms with Crippen LogP contribution in [0.15, 0.2) is 36.4 Å². The average molecular weight is 307 g/mol. The minimum Gasteiger partial charge on any atom is -0.307 e. The van der Waals surface area contributed by atoms with Gasteiger partial charge < -0.3 is 4.90 Å². The van der Waals surface area contributed by atoms with E-state index in [1.54, 1.807) is 17.0 Å². The van der Waals surface area contributed by atoms with Gasteiger partial charge in [0, 0.05) is 12.2 Å². The van der Waals surface area contributed by atoms with Crippen molar-refractivity contribution >= 4 is 34.8 Å². The van der Waals surface area contributed by atoms with Crippen LogP contribution in [-0.2, 0) is 6.42 Å². The smallest absolute Gasteiger partial charge is 0.278 e. The zero-order valence-electron chi connectivity index (χ0n) is 10.6. The maximum atomic E-state index is 12.7. The third-order valence-corrected chi connectivity index (χ3v) is 3.89. The Morgan fingerprint density at radius 3 is 2.80 bits per heavy atom. The van der Waals surface area contributed by atoms with Gasteiger partial charge in [0.05, 0.1) is 5.02 Å². The molecule has 5 heteroatoms. The lowest BCUT2D eigenvalue weighted by Gasteiger charge is -2.29. The van der Waals surface area contributed by atoms with Crippen LogP contribution in [0, 0.1) is 0 Å². The summed E-state index contributed by atoms with van der Waals surface area (Å²) in [6.45, 7) is 0.667. The monoisotopic (exact) mass is 306 g/mol. The second-order valence-corrected chi connectivity index (χ2v) is 5.45. The highest BCUT2D eigenvalue weighted by atomic mass is 35.5. The number of benzene rings is 1. The Balaban J connectivity index is 2.02. The van der Waals surface area contributed by atoms with Gasteiger partial charge in [0.25, 0.3) is 5.91 Å². The molecule has 1 aliphatic heterocycles. The molecule has 0 unspecified atom stereocenters. The van der Waals surface area contributed by atoms with E-state index in [1.807, 2.05) is 24.3 Å². The Hall–Kier alpha value is -1.58. The number of para-hydroxylation sites is 1. The summed E-state index contributed by atoms with van der Waals surface area (Å²) in [7, 11) is 0. The molecule has 0 aliphatic carbocycles. The van der Waals surface area contributed by atoms with E-state index >= 15 is 0 Å². The number of nitrogens with zero attached hydrogens (tertiary/aromatic N) is 2. The zero-order valence-corrected chi connectivity index (χ0v) is 12.2. The normalized spacial score (nSPS) is 14.0. The Morgan fingerprint density at radius 1 is 1.15 bits per heavy atom. The molecular formula is C15H12Cl2N2O. The molecule has 0 bridgehead atoms. The third-order valence-electron chi connectivity index (χ3n) is 3.37. The molecule has 0 atom stereocenters. The number of carbonyl (C=O) groups is 1. The van der Waals surface area contributed by atoms with Crippen molar-refractivity contribution in [3.8, 4) is 0 Å². The first-order chi connectivity index (χ1) is 9.66. The molecule has 0 spiro atoms. The van der Waals surface area contributed by atoms with Crippen LogP contribution in [-0.4, -0.2) is 17.4 Å². The van der Waals surface area contributed by atoms with Crippen molar-refractivity contribution in [2.45, 2.75) is 12.8 Å². The van der Waals surface area contributed by atoms with Crippen LogP contribution in [0.2, 0.25) is 10.2 Å². The topological polar surface area (TPSA) is 33.2 Å². The molecule has 0 fully saturated rings. The number of amides is 1. The number of pyridine rings is 1. The lowest BCUT2D eigenvalue weighted by molar-refractivity contribution is 0.0980. The predicted octanol–water partition coefficient (Wildman–Crippen LogP) is 3.98. The first-order valence-corrected chi connectivity index (χ1v) is 7.14. The summed E-state index contributed by atoms with van der Waals surface area (Å²) in [4.78, 5) is 18.4. The van der Waals surface area contributed by atoms with Gasteiger partial charge in [-0.2, -0.15) is 0 Å². The van der Waals surface area contributed by atoms with Gasteiger partial charge in [0.2, 0.25) is 0 Å². The molecule has 102 valence electrons. The molecule has 1 amide bonds. The number of hydrogen-bond donors (Lipinski definition) is 0. The van der Waals surface area contributed by atoms with Crippen molar-refractivity contribution in [3.05, 3.63) is 57.8 Å². The van der Waals surface area contributed by atoms with Crippen LogP contribution in [0.25, 0.3) is 0 Å². The summed E-state index contributed by atoms with van der Waals surface area (Å²) in [5.41, 5.74) is 2.31. The van der Waals surface area contributed by atoms with Gasteiger partial charge in [-0.05, 0) is 36.6 Å². The van der Waals surface area contributed by atoms with Crippen LogP contribution in [0.4, 0.5) is 5.69 Å². The van der Waals surface area contributed by atoms with E-state index in [-0.39, 0.29) is 16.8 Å². The molecule has 3 rings (SSSR count). The van der Waals surface area contributed by atoms with Crippen molar-refractivity contribution in [2.75, 3.05) is 11.4 Å². The van der Waals surface area contributed by atoms with Gasteiger partial charge in [-0.1, -0.05) is 41.4 Å². The zero-order chi connectivity index (χ0) is 14.1. The maximum absolute atomic E-state index is 12.7. The number of carbonyl (C=O) groups excluding carboxylic acids is 1. The summed E-state index contributed by atoms with van der Waals surface area (Å²) in [5.74, 6) is -0.204. The molecule has 0 saturated carbocycles. The first kappa shape index (κ1) is 13.4.